The smallest absolute Gasteiger partial charge is 0.319 e. The summed E-state index contributed by atoms with van der Waals surface area (Å²) in [6.07, 6.45) is 6.71. The normalized spacial score (nSPS) is 14.2. The van der Waals surface area contributed by atoms with Gasteiger partial charge in [0.15, 0.2) is 0 Å². The van der Waals surface area contributed by atoms with Crippen LogP contribution >= 0.6 is 0 Å². The zero-order valence-electron chi connectivity index (χ0n) is 23.0. The topological polar surface area (TPSA) is 73.4 Å². The van der Waals surface area contributed by atoms with Crippen LogP contribution in [0.2, 0.25) is 0 Å². The van der Waals surface area contributed by atoms with Crippen LogP contribution in [0.4, 0.5) is 10.5 Å². The lowest BCUT2D eigenvalue weighted by molar-refractivity contribution is 0.177. The summed E-state index contributed by atoms with van der Waals surface area (Å²) in [5.41, 5.74) is 5.09. The molecule has 5 rings (SSSR count). The van der Waals surface area contributed by atoms with Gasteiger partial charge in [0, 0.05) is 56.7 Å². The summed E-state index contributed by atoms with van der Waals surface area (Å²) in [4.78, 5) is 26.8. The molecule has 0 atom stereocenters. The van der Waals surface area contributed by atoms with Gasteiger partial charge in [0.2, 0.25) is 0 Å². The predicted octanol–water partition coefficient (Wildman–Crippen LogP) is 5.82. The summed E-state index contributed by atoms with van der Waals surface area (Å²) >= 11 is 0. The number of piperidine rings is 1. The zero-order valence-corrected chi connectivity index (χ0v) is 23.0. The second-order valence-electron chi connectivity index (χ2n) is 10.3. The number of rotatable bonds is 11. The first kappa shape index (κ1) is 27.5. The number of nitrogens with one attached hydrogen (secondary N) is 2. The average Bonchev–Trinajstić information content (AvgIpc) is 3.00. The van der Waals surface area contributed by atoms with Crippen LogP contribution in [0.5, 0.6) is 0 Å². The molecule has 1 fully saturated rings. The molecular formula is C33H38N6O. The molecule has 0 radical (unpaired) electrons. The standard InChI is InChI=1S/C33H38N6O/c40-33(37-32-16-5-4-15-31(32)27-11-2-1-3-12-27)36-28-17-23-38(24-18-28)21-10-22-39(25-29-13-6-8-19-34-29)26-30-14-7-9-20-35-30/h1-9,11-16,19-20,28H,10,17-18,21-26H2,(H2,36,37,40). The molecule has 1 aliphatic rings. The molecule has 0 bridgehead atoms. The maximum atomic E-state index is 12.8. The van der Waals surface area contributed by atoms with Gasteiger partial charge in [-0.25, -0.2) is 4.79 Å². The van der Waals surface area contributed by atoms with Crippen LogP contribution in [0.25, 0.3) is 11.1 Å². The van der Waals surface area contributed by atoms with E-state index in [0.717, 1.165) is 86.7 Å². The van der Waals surface area contributed by atoms with Crippen LogP contribution in [0.15, 0.2) is 103 Å². The van der Waals surface area contributed by atoms with Crippen LogP contribution in [0.1, 0.15) is 30.7 Å². The number of benzene rings is 2. The van der Waals surface area contributed by atoms with Gasteiger partial charge in [-0.1, -0.05) is 60.7 Å². The van der Waals surface area contributed by atoms with Crippen molar-refractivity contribution in [3.8, 4) is 11.1 Å². The molecule has 0 aliphatic carbocycles. The summed E-state index contributed by atoms with van der Waals surface area (Å²) < 4.78 is 0. The van der Waals surface area contributed by atoms with E-state index < -0.39 is 0 Å². The minimum Gasteiger partial charge on any atom is -0.335 e. The molecule has 2 aromatic carbocycles. The quantitative estimate of drug-likeness (QED) is 0.254. The van der Waals surface area contributed by atoms with E-state index in [1.807, 2.05) is 79.1 Å². The summed E-state index contributed by atoms with van der Waals surface area (Å²) in [5, 5.41) is 6.27. The second kappa shape index (κ2) is 14.4. The van der Waals surface area contributed by atoms with Gasteiger partial charge in [-0.3, -0.25) is 14.9 Å². The van der Waals surface area contributed by atoms with E-state index in [1.54, 1.807) is 0 Å². The van der Waals surface area contributed by atoms with Crippen molar-refractivity contribution >= 4 is 11.7 Å². The van der Waals surface area contributed by atoms with Gasteiger partial charge in [-0.2, -0.15) is 0 Å². The third-order valence-electron chi connectivity index (χ3n) is 7.36. The number of pyridine rings is 2. The molecule has 2 aromatic heterocycles. The first-order valence-corrected chi connectivity index (χ1v) is 14.2. The highest BCUT2D eigenvalue weighted by atomic mass is 16.2. The molecule has 4 aromatic rings. The molecule has 7 nitrogen and oxygen atoms in total. The number of amides is 2. The third kappa shape index (κ3) is 8.21. The highest BCUT2D eigenvalue weighted by molar-refractivity contribution is 5.94. The SMILES string of the molecule is O=C(Nc1ccccc1-c1ccccc1)NC1CCN(CCCN(Cc2ccccn2)Cc2ccccn2)CC1. The molecule has 7 heteroatoms. The van der Waals surface area contributed by atoms with Gasteiger partial charge in [0.05, 0.1) is 17.1 Å². The van der Waals surface area contributed by atoms with E-state index in [9.17, 15) is 4.79 Å². The van der Waals surface area contributed by atoms with E-state index >= 15 is 0 Å². The molecule has 206 valence electrons. The third-order valence-corrected chi connectivity index (χ3v) is 7.36. The number of carbonyl (C=O) groups is 1. The van der Waals surface area contributed by atoms with Crippen molar-refractivity contribution in [3.05, 3.63) is 115 Å². The molecule has 2 amide bonds. The molecular weight excluding hydrogens is 496 g/mol. The molecule has 1 aliphatic heterocycles. The Labute approximate surface area is 237 Å². The highest BCUT2D eigenvalue weighted by Gasteiger charge is 2.21. The van der Waals surface area contributed by atoms with E-state index in [0.29, 0.717) is 0 Å². The van der Waals surface area contributed by atoms with Crippen molar-refractivity contribution in [2.75, 3.05) is 31.5 Å². The van der Waals surface area contributed by atoms with Crippen molar-refractivity contribution in [2.24, 2.45) is 0 Å². The van der Waals surface area contributed by atoms with Gasteiger partial charge in [0.1, 0.15) is 0 Å². The van der Waals surface area contributed by atoms with Crippen LogP contribution in [-0.2, 0) is 13.1 Å². The van der Waals surface area contributed by atoms with Crippen LogP contribution in [-0.4, -0.2) is 58.0 Å². The minimum absolute atomic E-state index is 0.137. The Balaban J connectivity index is 1.06. The number of likely N-dealkylation sites (tertiary alicyclic amines) is 1. The lowest BCUT2D eigenvalue weighted by Gasteiger charge is -2.33. The molecule has 3 heterocycles. The number of anilines is 1. The zero-order chi connectivity index (χ0) is 27.4. The Morgan fingerprint density at radius 2 is 1.43 bits per heavy atom. The lowest BCUT2D eigenvalue weighted by Crippen LogP contribution is -2.46. The van der Waals surface area contributed by atoms with Crippen molar-refractivity contribution in [1.29, 1.82) is 0 Å². The van der Waals surface area contributed by atoms with Crippen molar-refractivity contribution in [2.45, 2.75) is 38.4 Å². The largest absolute Gasteiger partial charge is 0.335 e. The second-order valence-corrected chi connectivity index (χ2v) is 10.3. The van der Waals surface area contributed by atoms with Crippen molar-refractivity contribution in [1.82, 2.24) is 25.1 Å². The maximum Gasteiger partial charge on any atom is 0.319 e. The molecule has 40 heavy (non-hydrogen) atoms. The Morgan fingerprint density at radius 1 is 0.800 bits per heavy atom. The summed E-state index contributed by atoms with van der Waals surface area (Å²) in [6.45, 7) is 5.63. The molecule has 1 saturated heterocycles. The Kier molecular flexibility index (Phi) is 9.87. The minimum atomic E-state index is -0.137. The maximum absolute atomic E-state index is 12.8. The molecule has 2 N–H and O–H groups in total. The fraction of sp³-hybridized carbons (Fsp3) is 0.303. The van der Waals surface area contributed by atoms with Crippen molar-refractivity contribution < 1.29 is 4.79 Å². The van der Waals surface area contributed by atoms with E-state index in [4.69, 9.17) is 0 Å². The number of urea groups is 1. The highest BCUT2D eigenvalue weighted by Crippen LogP contribution is 2.27. The van der Waals surface area contributed by atoms with Gasteiger partial charge >= 0.3 is 6.03 Å². The molecule has 0 unspecified atom stereocenters. The summed E-state index contributed by atoms with van der Waals surface area (Å²) in [6, 6.07) is 30.3. The van der Waals surface area contributed by atoms with Crippen LogP contribution in [0, 0.1) is 0 Å². The van der Waals surface area contributed by atoms with E-state index in [-0.39, 0.29) is 12.1 Å². The van der Waals surface area contributed by atoms with Gasteiger partial charge < -0.3 is 15.5 Å². The van der Waals surface area contributed by atoms with Gasteiger partial charge in [0.25, 0.3) is 0 Å². The van der Waals surface area contributed by atoms with Crippen molar-refractivity contribution in [3.63, 3.8) is 0 Å². The predicted molar refractivity (Wildman–Crippen MR) is 161 cm³/mol. The van der Waals surface area contributed by atoms with Crippen LogP contribution in [0.3, 0.4) is 0 Å². The molecule has 0 saturated carbocycles. The Bertz CT molecular complexity index is 1270. The van der Waals surface area contributed by atoms with Gasteiger partial charge in [-0.15, -0.1) is 0 Å². The van der Waals surface area contributed by atoms with E-state index in [2.05, 4.69) is 54.7 Å². The molecule has 0 spiro atoms. The fourth-order valence-electron chi connectivity index (χ4n) is 5.28. The van der Waals surface area contributed by atoms with E-state index in [1.165, 1.54) is 0 Å². The fourth-order valence-corrected chi connectivity index (χ4v) is 5.28. The number of hydrogen-bond acceptors (Lipinski definition) is 5. The number of para-hydroxylation sites is 1. The number of aromatic nitrogens is 2. The Hall–Kier alpha value is -4.07. The lowest BCUT2D eigenvalue weighted by atomic mass is 10.0. The Morgan fingerprint density at radius 3 is 2.08 bits per heavy atom. The average molecular weight is 535 g/mol. The number of hydrogen-bond donors (Lipinski definition) is 2. The van der Waals surface area contributed by atoms with Gasteiger partial charge in [-0.05, 0) is 61.7 Å². The monoisotopic (exact) mass is 534 g/mol. The van der Waals surface area contributed by atoms with Crippen LogP contribution < -0.4 is 10.6 Å². The summed E-state index contributed by atoms with van der Waals surface area (Å²) in [5.74, 6) is 0. The number of nitrogens with zero attached hydrogens (tertiary/aromatic N) is 4. The number of carbonyl (C=O) groups excluding carboxylic acids is 1. The first-order chi connectivity index (χ1) is 19.7. The first-order valence-electron chi connectivity index (χ1n) is 14.2. The summed E-state index contributed by atoms with van der Waals surface area (Å²) in [7, 11) is 0.